The minimum absolute atomic E-state index is 0.883. The fourth-order valence-corrected chi connectivity index (χ4v) is 8.12. The topological polar surface area (TPSA) is 21.3 Å². The van der Waals surface area contributed by atoms with Crippen molar-refractivity contribution in [1.29, 1.82) is 0 Å². The first-order valence-corrected chi connectivity index (χ1v) is 18.2. The number of hydrogen-bond donors (Lipinski definition) is 0. The van der Waals surface area contributed by atoms with Crippen molar-refractivity contribution in [1.82, 2.24) is 4.57 Å². The summed E-state index contributed by atoms with van der Waals surface area (Å²) < 4.78 is 9.05. The number of nitrogens with zero attached hydrogens (tertiary/aromatic N) is 2. The van der Waals surface area contributed by atoms with E-state index in [9.17, 15) is 0 Å². The molecule has 0 unspecified atom stereocenters. The Bertz CT molecular complexity index is 2910. The Morgan fingerprint density at radius 2 is 1.06 bits per heavy atom. The summed E-state index contributed by atoms with van der Waals surface area (Å²) in [6, 6.07) is 65.3. The predicted molar refractivity (Wildman–Crippen MR) is 223 cm³/mol. The van der Waals surface area contributed by atoms with Crippen molar-refractivity contribution in [3.63, 3.8) is 0 Å². The molecule has 0 saturated carbocycles. The van der Waals surface area contributed by atoms with Crippen molar-refractivity contribution in [3.05, 3.63) is 193 Å². The van der Waals surface area contributed by atoms with Crippen LogP contribution in [-0.2, 0) is 0 Å². The summed E-state index contributed by atoms with van der Waals surface area (Å²) in [7, 11) is 0. The van der Waals surface area contributed by atoms with Gasteiger partial charge in [0.05, 0.1) is 11.0 Å². The third kappa shape index (κ3) is 5.12. The van der Waals surface area contributed by atoms with Gasteiger partial charge in [0.1, 0.15) is 11.2 Å². The number of para-hydroxylation sites is 4. The SMILES string of the molecule is Cc1cc(N(c2cc(-c3ccc(-n4c5ccccc5c5ccccc54)cc3)c3oc4ccccc4c3c2)c2ccccc2C)ccc1-c1ccccc1. The zero-order valence-electron chi connectivity index (χ0n) is 29.6. The fourth-order valence-electron chi connectivity index (χ4n) is 8.12. The van der Waals surface area contributed by atoms with E-state index in [0.29, 0.717) is 0 Å². The maximum Gasteiger partial charge on any atom is 0.143 e. The summed E-state index contributed by atoms with van der Waals surface area (Å²) in [5.74, 6) is 0. The molecule has 3 nitrogen and oxygen atoms in total. The summed E-state index contributed by atoms with van der Waals surface area (Å²) in [6.07, 6.45) is 0. The molecule has 0 aliphatic rings. The highest BCUT2D eigenvalue weighted by Gasteiger charge is 2.21. The molecule has 0 bridgehead atoms. The zero-order chi connectivity index (χ0) is 35.5. The smallest absolute Gasteiger partial charge is 0.143 e. The van der Waals surface area contributed by atoms with Crippen molar-refractivity contribution in [2.45, 2.75) is 13.8 Å². The van der Waals surface area contributed by atoms with Crippen LogP contribution in [0.5, 0.6) is 0 Å². The molecular weight excluding hydrogens is 645 g/mol. The lowest BCUT2D eigenvalue weighted by Gasteiger charge is -2.28. The van der Waals surface area contributed by atoms with Gasteiger partial charge in [0.2, 0.25) is 0 Å². The normalized spacial score (nSPS) is 11.6. The average Bonchev–Trinajstić information content (AvgIpc) is 3.75. The van der Waals surface area contributed by atoms with E-state index in [0.717, 1.165) is 55.8 Å². The molecule has 0 N–H and O–H groups in total. The predicted octanol–water partition coefficient (Wildman–Crippen LogP) is 14.1. The second-order valence-electron chi connectivity index (χ2n) is 13.9. The van der Waals surface area contributed by atoms with Crippen LogP contribution in [0, 0.1) is 13.8 Å². The van der Waals surface area contributed by atoms with Crippen molar-refractivity contribution in [3.8, 4) is 27.9 Å². The Morgan fingerprint density at radius 1 is 0.434 bits per heavy atom. The van der Waals surface area contributed by atoms with Gasteiger partial charge in [-0.25, -0.2) is 0 Å². The molecule has 2 heterocycles. The molecule has 0 spiro atoms. The minimum atomic E-state index is 0.883. The minimum Gasteiger partial charge on any atom is -0.455 e. The Morgan fingerprint density at radius 3 is 1.77 bits per heavy atom. The first-order valence-electron chi connectivity index (χ1n) is 18.2. The summed E-state index contributed by atoms with van der Waals surface area (Å²) >= 11 is 0. The molecule has 0 amide bonds. The van der Waals surface area contributed by atoms with Crippen LogP contribution in [0.25, 0.3) is 71.7 Å². The maximum atomic E-state index is 6.69. The van der Waals surface area contributed by atoms with Crippen LogP contribution in [-0.4, -0.2) is 4.57 Å². The molecule has 10 rings (SSSR count). The molecule has 0 radical (unpaired) electrons. The Labute approximate surface area is 308 Å². The van der Waals surface area contributed by atoms with Gasteiger partial charge in [-0.3, -0.25) is 0 Å². The van der Waals surface area contributed by atoms with Gasteiger partial charge in [-0.2, -0.15) is 0 Å². The lowest BCUT2D eigenvalue weighted by molar-refractivity contribution is 0.670. The largest absolute Gasteiger partial charge is 0.455 e. The van der Waals surface area contributed by atoms with Crippen molar-refractivity contribution < 1.29 is 4.42 Å². The molecule has 0 fully saturated rings. The van der Waals surface area contributed by atoms with Gasteiger partial charge >= 0.3 is 0 Å². The lowest BCUT2D eigenvalue weighted by atomic mass is 9.98. The van der Waals surface area contributed by atoms with Crippen LogP contribution in [0.4, 0.5) is 17.1 Å². The number of aryl methyl sites for hydroxylation is 2. The third-order valence-corrected chi connectivity index (χ3v) is 10.6. The number of aromatic nitrogens is 1. The summed E-state index contributed by atoms with van der Waals surface area (Å²) in [6.45, 7) is 4.40. The second kappa shape index (κ2) is 12.4. The monoisotopic (exact) mass is 680 g/mol. The van der Waals surface area contributed by atoms with E-state index in [1.807, 2.05) is 6.07 Å². The molecule has 3 heteroatoms. The highest BCUT2D eigenvalue weighted by atomic mass is 16.3. The molecule has 252 valence electrons. The molecule has 8 aromatic carbocycles. The second-order valence-corrected chi connectivity index (χ2v) is 13.9. The zero-order valence-corrected chi connectivity index (χ0v) is 29.6. The van der Waals surface area contributed by atoms with E-state index in [1.165, 1.54) is 44.1 Å². The van der Waals surface area contributed by atoms with E-state index >= 15 is 0 Å². The summed E-state index contributed by atoms with van der Waals surface area (Å²) in [5, 5.41) is 4.71. The molecule has 2 aromatic heterocycles. The van der Waals surface area contributed by atoms with E-state index in [-0.39, 0.29) is 0 Å². The number of benzene rings is 8. The average molecular weight is 681 g/mol. The Balaban J connectivity index is 1.18. The highest BCUT2D eigenvalue weighted by Crippen LogP contribution is 2.45. The van der Waals surface area contributed by atoms with Gasteiger partial charge in [-0.1, -0.05) is 121 Å². The van der Waals surface area contributed by atoms with Gasteiger partial charge < -0.3 is 13.9 Å². The lowest BCUT2D eigenvalue weighted by Crippen LogP contribution is -2.12. The molecule has 53 heavy (non-hydrogen) atoms. The van der Waals surface area contributed by atoms with Crippen molar-refractivity contribution in [2.75, 3.05) is 4.90 Å². The first-order chi connectivity index (χ1) is 26.1. The number of furan rings is 1. The number of hydrogen-bond acceptors (Lipinski definition) is 2. The third-order valence-electron chi connectivity index (χ3n) is 10.6. The van der Waals surface area contributed by atoms with Crippen LogP contribution in [0.15, 0.2) is 186 Å². The molecule has 0 saturated heterocycles. The summed E-state index contributed by atoms with van der Waals surface area (Å²) in [4.78, 5) is 2.40. The van der Waals surface area contributed by atoms with Crippen LogP contribution >= 0.6 is 0 Å². The van der Waals surface area contributed by atoms with Crippen LogP contribution in [0.2, 0.25) is 0 Å². The molecular formula is C50H36N2O. The van der Waals surface area contributed by atoms with E-state index < -0.39 is 0 Å². The fraction of sp³-hybridized carbons (Fsp3) is 0.0400. The van der Waals surface area contributed by atoms with Crippen LogP contribution in [0.1, 0.15) is 11.1 Å². The van der Waals surface area contributed by atoms with E-state index in [4.69, 9.17) is 4.42 Å². The van der Waals surface area contributed by atoms with Gasteiger partial charge in [-0.15, -0.1) is 0 Å². The number of rotatable bonds is 6. The van der Waals surface area contributed by atoms with Crippen LogP contribution in [0.3, 0.4) is 0 Å². The summed E-state index contributed by atoms with van der Waals surface area (Å²) in [5.41, 5.74) is 15.6. The van der Waals surface area contributed by atoms with E-state index in [1.54, 1.807) is 0 Å². The maximum absolute atomic E-state index is 6.69. The van der Waals surface area contributed by atoms with E-state index in [2.05, 4.69) is 199 Å². The van der Waals surface area contributed by atoms with Gasteiger partial charge in [0.15, 0.2) is 0 Å². The quantitative estimate of drug-likeness (QED) is 0.174. The first kappa shape index (κ1) is 30.9. The molecule has 0 atom stereocenters. The van der Waals surface area contributed by atoms with Gasteiger partial charge in [0.25, 0.3) is 0 Å². The Hall–Kier alpha value is -6.84. The highest BCUT2D eigenvalue weighted by molar-refractivity contribution is 6.12. The molecule has 0 aliphatic carbocycles. The molecule has 10 aromatic rings. The number of anilines is 3. The van der Waals surface area contributed by atoms with Crippen LogP contribution < -0.4 is 4.90 Å². The Kier molecular flexibility index (Phi) is 7.26. The van der Waals surface area contributed by atoms with Crippen molar-refractivity contribution in [2.24, 2.45) is 0 Å². The van der Waals surface area contributed by atoms with Gasteiger partial charge in [-0.05, 0) is 102 Å². The number of fused-ring (bicyclic) bond motifs is 6. The van der Waals surface area contributed by atoms with Crippen molar-refractivity contribution >= 4 is 60.8 Å². The van der Waals surface area contributed by atoms with Gasteiger partial charge in [0, 0.05) is 49.9 Å². The standard InChI is InChI=1S/C50H36N2O/c1-33-14-6-10-20-46(33)51(38-28-29-40(34(2)30-38)35-15-4-3-5-16-35)39-31-44(50-45(32-39)43-19-9-13-23-49(43)53-50)36-24-26-37(27-25-36)52-47-21-11-7-17-41(47)42-18-8-12-22-48(42)52/h3-32H,1-2H3. The molecule has 0 aliphatic heterocycles.